The van der Waals surface area contributed by atoms with Gasteiger partial charge in [0.15, 0.2) is 11.5 Å². The van der Waals surface area contributed by atoms with Crippen LogP contribution >= 0.6 is 0 Å². The van der Waals surface area contributed by atoms with Crippen LogP contribution in [0.5, 0.6) is 17.2 Å². The van der Waals surface area contributed by atoms with Crippen LogP contribution in [0, 0.1) is 6.92 Å². The van der Waals surface area contributed by atoms with Gasteiger partial charge in [-0.15, -0.1) is 0 Å². The molecule has 0 fully saturated rings. The number of hydrogen-bond acceptors (Lipinski definition) is 2. The third-order valence-corrected chi connectivity index (χ3v) is 2.66. The van der Waals surface area contributed by atoms with Crippen molar-refractivity contribution in [1.82, 2.24) is 0 Å². The second-order valence-corrected chi connectivity index (χ2v) is 4.03. The standard InChI is InChI=1S/C16H16O2/c1-4-13-6-8-14(9-7-13)18-16-11-12(2)5-10-15(16)17-3/h4-11H,1H2,2-3H3. The maximum atomic E-state index is 5.82. The summed E-state index contributed by atoms with van der Waals surface area (Å²) in [6.07, 6.45) is 1.80. The predicted octanol–water partition coefficient (Wildman–Crippen LogP) is 4.44. The summed E-state index contributed by atoms with van der Waals surface area (Å²) in [6.45, 7) is 5.74. The molecule has 0 amide bonds. The molecule has 0 N–H and O–H groups in total. The zero-order valence-corrected chi connectivity index (χ0v) is 10.6. The molecule has 0 aliphatic rings. The topological polar surface area (TPSA) is 18.5 Å². The molecule has 2 aromatic rings. The molecule has 0 bridgehead atoms. The van der Waals surface area contributed by atoms with Crippen LogP contribution in [0.4, 0.5) is 0 Å². The Morgan fingerprint density at radius 1 is 1.00 bits per heavy atom. The van der Waals surface area contributed by atoms with Crippen molar-refractivity contribution in [2.75, 3.05) is 7.11 Å². The highest BCUT2D eigenvalue weighted by molar-refractivity contribution is 5.50. The molecule has 0 radical (unpaired) electrons. The van der Waals surface area contributed by atoms with Crippen LogP contribution < -0.4 is 9.47 Å². The van der Waals surface area contributed by atoms with Gasteiger partial charge in [0.2, 0.25) is 0 Å². The summed E-state index contributed by atoms with van der Waals surface area (Å²) in [5, 5.41) is 0. The Balaban J connectivity index is 2.26. The molecule has 0 unspecified atom stereocenters. The number of methoxy groups -OCH3 is 1. The molecule has 0 aliphatic carbocycles. The van der Waals surface area contributed by atoms with Crippen molar-refractivity contribution in [1.29, 1.82) is 0 Å². The first-order valence-electron chi connectivity index (χ1n) is 5.78. The van der Waals surface area contributed by atoms with Crippen molar-refractivity contribution >= 4 is 6.08 Å². The van der Waals surface area contributed by atoms with Crippen molar-refractivity contribution in [3.8, 4) is 17.2 Å². The molecule has 0 aromatic heterocycles. The van der Waals surface area contributed by atoms with E-state index in [0.29, 0.717) is 0 Å². The molecule has 0 saturated heterocycles. The molecular weight excluding hydrogens is 224 g/mol. The normalized spacial score (nSPS) is 9.89. The summed E-state index contributed by atoms with van der Waals surface area (Å²) in [4.78, 5) is 0. The molecular formula is C16H16O2. The van der Waals surface area contributed by atoms with Crippen molar-refractivity contribution in [2.45, 2.75) is 6.92 Å². The molecule has 0 heterocycles. The zero-order valence-electron chi connectivity index (χ0n) is 10.6. The number of rotatable bonds is 4. The van der Waals surface area contributed by atoms with Gasteiger partial charge in [-0.3, -0.25) is 0 Å². The van der Waals surface area contributed by atoms with Gasteiger partial charge in [-0.2, -0.15) is 0 Å². The molecule has 2 heteroatoms. The van der Waals surface area contributed by atoms with E-state index < -0.39 is 0 Å². The van der Waals surface area contributed by atoms with E-state index in [-0.39, 0.29) is 0 Å². The first-order valence-corrected chi connectivity index (χ1v) is 5.78. The summed E-state index contributed by atoms with van der Waals surface area (Å²) in [6, 6.07) is 13.6. The summed E-state index contributed by atoms with van der Waals surface area (Å²) in [7, 11) is 1.64. The van der Waals surface area contributed by atoms with E-state index >= 15 is 0 Å². The van der Waals surface area contributed by atoms with Crippen LogP contribution in [-0.2, 0) is 0 Å². The summed E-state index contributed by atoms with van der Waals surface area (Å²) >= 11 is 0. The van der Waals surface area contributed by atoms with Gasteiger partial charge in [0.05, 0.1) is 7.11 Å². The average molecular weight is 240 g/mol. The van der Waals surface area contributed by atoms with E-state index in [0.717, 1.165) is 28.4 Å². The maximum absolute atomic E-state index is 5.82. The summed E-state index contributed by atoms with van der Waals surface area (Å²) in [5.74, 6) is 2.24. The van der Waals surface area contributed by atoms with Gasteiger partial charge in [0.25, 0.3) is 0 Å². The monoisotopic (exact) mass is 240 g/mol. The number of benzene rings is 2. The smallest absolute Gasteiger partial charge is 0.169 e. The molecule has 92 valence electrons. The Hall–Kier alpha value is -2.22. The van der Waals surface area contributed by atoms with E-state index in [1.165, 1.54) is 0 Å². The first-order chi connectivity index (χ1) is 8.72. The van der Waals surface area contributed by atoms with Crippen LogP contribution in [0.25, 0.3) is 6.08 Å². The molecule has 18 heavy (non-hydrogen) atoms. The SMILES string of the molecule is C=Cc1ccc(Oc2cc(C)ccc2OC)cc1. The highest BCUT2D eigenvalue weighted by Gasteiger charge is 2.05. The summed E-state index contributed by atoms with van der Waals surface area (Å²) < 4.78 is 11.1. The fraction of sp³-hybridized carbons (Fsp3) is 0.125. The molecule has 0 saturated carbocycles. The highest BCUT2D eigenvalue weighted by atomic mass is 16.5. The van der Waals surface area contributed by atoms with Gasteiger partial charge >= 0.3 is 0 Å². The van der Waals surface area contributed by atoms with E-state index in [1.807, 2.05) is 49.4 Å². The van der Waals surface area contributed by atoms with Crippen molar-refractivity contribution in [3.63, 3.8) is 0 Å². The predicted molar refractivity (Wildman–Crippen MR) is 74.3 cm³/mol. The zero-order chi connectivity index (χ0) is 13.0. The fourth-order valence-electron chi connectivity index (χ4n) is 1.66. The van der Waals surface area contributed by atoms with Gasteiger partial charge in [0.1, 0.15) is 5.75 Å². The second kappa shape index (κ2) is 5.41. The van der Waals surface area contributed by atoms with Crippen LogP contribution in [-0.4, -0.2) is 7.11 Å². The Labute approximate surface area is 107 Å². The van der Waals surface area contributed by atoms with Gasteiger partial charge in [-0.1, -0.05) is 30.9 Å². The second-order valence-electron chi connectivity index (χ2n) is 4.03. The van der Waals surface area contributed by atoms with E-state index in [4.69, 9.17) is 9.47 Å². The average Bonchev–Trinajstić information content (AvgIpc) is 2.40. The minimum Gasteiger partial charge on any atom is -0.493 e. The van der Waals surface area contributed by atoms with Crippen LogP contribution in [0.3, 0.4) is 0 Å². The largest absolute Gasteiger partial charge is 0.493 e. The van der Waals surface area contributed by atoms with Crippen molar-refractivity contribution < 1.29 is 9.47 Å². The van der Waals surface area contributed by atoms with Gasteiger partial charge in [-0.05, 0) is 42.3 Å². The third kappa shape index (κ3) is 2.72. The molecule has 2 aromatic carbocycles. The Kier molecular flexibility index (Phi) is 3.68. The molecule has 2 nitrogen and oxygen atoms in total. The third-order valence-electron chi connectivity index (χ3n) is 2.66. The van der Waals surface area contributed by atoms with E-state index in [1.54, 1.807) is 13.2 Å². The Morgan fingerprint density at radius 2 is 1.72 bits per heavy atom. The molecule has 0 aliphatic heterocycles. The lowest BCUT2D eigenvalue weighted by atomic mass is 10.2. The van der Waals surface area contributed by atoms with Crippen LogP contribution in [0.1, 0.15) is 11.1 Å². The molecule has 0 spiro atoms. The molecule has 0 atom stereocenters. The Bertz CT molecular complexity index is 542. The van der Waals surface area contributed by atoms with Crippen molar-refractivity contribution in [3.05, 3.63) is 60.2 Å². The lowest BCUT2D eigenvalue weighted by Gasteiger charge is -2.11. The lowest BCUT2D eigenvalue weighted by molar-refractivity contribution is 0.378. The quantitative estimate of drug-likeness (QED) is 0.786. The van der Waals surface area contributed by atoms with Gasteiger partial charge < -0.3 is 9.47 Å². The van der Waals surface area contributed by atoms with Crippen LogP contribution in [0.15, 0.2) is 49.0 Å². The highest BCUT2D eigenvalue weighted by Crippen LogP contribution is 2.32. The van der Waals surface area contributed by atoms with E-state index in [9.17, 15) is 0 Å². The minimum absolute atomic E-state index is 0.726. The number of hydrogen-bond donors (Lipinski definition) is 0. The minimum atomic E-state index is 0.726. The van der Waals surface area contributed by atoms with Crippen molar-refractivity contribution in [2.24, 2.45) is 0 Å². The Morgan fingerprint density at radius 3 is 2.33 bits per heavy atom. The first kappa shape index (κ1) is 12.2. The fourth-order valence-corrected chi connectivity index (χ4v) is 1.66. The lowest BCUT2D eigenvalue weighted by Crippen LogP contribution is -1.91. The van der Waals surface area contributed by atoms with E-state index in [2.05, 4.69) is 6.58 Å². The van der Waals surface area contributed by atoms with Gasteiger partial charge in [0, 0.05) is 0 Å². The number of aryl methyl sites for hydroxylation is 1. The maximum Gasteiger partial charge on any atom is 0.169 e. The number of ether oxygens (including phenoxy) is 2. The summed E-state index contributed by atoms with van der Waals surface area (Å²) in [5.41, 5.74) is 2.20. The molecule has 2 rings (SSSR count). The van der Waals surface area contributed by atoms with Crippen LogP contribution in [0.2, 0.25) is 0 Å². The van der Waals surface area contributed by atoms with Gasteiger partial charge in [-0.25, -0.2) is 0 Å².